The number of anilines is 1. The lowest BCUT2D eigenvalue weighted by molar-refractivity contribution is -0.136. The third-order valence-corrected chi connectivity index (χ3v) is 4.02. The van der Waals surface area contributed by atoms with Crippen LogP contribution in [0.5, 0.6) is 0 Å². The van der Waals surface area contributed by atoms with Gasteiger partial charge in [-0.15, -0.1) is 0 Å². The van der Waals surface area contributed by atoms with Crippen molar-refractivity contribution in [3.05, 3.63) is 29.3 Å². The molecule has 22 heavy (non-hydrogen) atoms. The summed E-state index contributed by atoms with van der Waals surface area (Å²) in [6, 6.07) is 5.76. The van der Waals surface area contributed by atoms with Crippen molar-refractivity contribution in [3.8, 4) is 0 Å². The van der Waals surface area contributed by atoms with Gasteiger partial charge in [0, 0.05) is 12.2 Å². The summed E-state index contributed by atoms with van der Waals surface area (Å²) in [6.07, 6.45) is 4.41. The number of benzene rings is 1. The minimum absolute atomic E-state index is 0.442. The third kappa shape index (κ3) is 5.51. The molecule has 0 aliphatic heterocycles. The minimum Gasteiger partial charge on any atom is -0.348 e. The summed E-state index contributed by atoms with van der Waals surface area (Å²) in [5.41, 5.74) is 2.63. The second-order valence-corrected chi connectivity index (χ2v) is 5.85. The van der Waals surface area contributed by atoms with Crippen molar-refractivity contribution < 1.29 is 9.59 Å². The molecule has 1 aromatic rings. The standard InChI is InChI=1S/C18H28N2O2/c1-5-7-11-15(6-2)12-19-17(21)18(22)20-16-13(3)9-8-10-14(16)4/h8-10,15H,5-7,11-12H2,1-4H3,(H,19,21)(H,20,22)/t15-/m1/s1. The molecule has 2 amide bonds. The number of hydrogen-bond donors (Lipinski definition) is 2. The van der Waals surface area contributed by atoms with Gasteiger partial charge in [0.15, 0.2) is 0 Å². The van der Waals surface area contributed by atoms with Gasteiger partial charge in [-0.1, -0.05) is 51.3 Å². The smallest absolute Gasteiger partial charge is 0.313 e. The van der Waals surface area contributed by atoms with Crippen molar-refractivity contribution in [2.24, 2.45) is 5.92 Å². The first-order valence-corrected chi connectivity index (χ1v) is 8.14. The van der Waals surface area contributed by atoms with Gasteiger partial charge in [0.05, 0.1) is 0 Å². The van der Waals surface area contributed by atoms with Gasteiger partial charge < -0.3 is 10.6 Å². The van der Waals surface area contributed by atoms with Crippen molar-refractivity contribution >= 4 is 17.5 Å². The van der Waals surface area contributed by atoms with Gasteiger partial charge in [0.1, 0.15) is 0 Å². The molecule has 122 valence electrons. The van der Waals surface area contributed by atoms with Crippen molar-refractivity contribution in [1.29, 1.82) is 0 Å². The topological polar surface area (TPSA) is 58.2 Å². The van der Waals surface area contributed by atoms with E-state index in [2.05, 4.69) is 24.5 Å². The van der Waals surface area contributed by atoms with Crippen LogP contribution in [0.3, 0.4) is 0 Å². The zero-order valence-corrected chi connectivity index (χ0v) is 14.2. The third-order valence-electron chi connectivity index (χ3n) is 4.02. The van der Waals surface area contributed by atoms with Gasteiger partial charge in [-0.3, -0.25) is 9.59 Å². The molecule has 0 saturated carbocycles. The summed E-state index contributed by atoms with van der Waals surface area (Å²) in [5.74, 6) is -0.711. The average molecular weight is 304 g/mol. The quantitative estimate of drug-likeness (QED) is 0.757. The molecule has 4 nitrogen and oxygen atoms in total. The Morgan fingerprint density at radius 1 is 1.09 bits per heavy atom. The molecule has 0 heterocycles. The fourth-order valence-electron chi connectivity index (χ4n) is 2.44. The van der Waals surface area contributed by atoms with Crippen LogP contribution in [0.15, 0.2) is 18.2 Å². The van der Waals surface area contributed by atoms with E-state index in [0.29, 0.717) is 12.5 Å². The van der Waals surface area contributed by atoms with Crippen molar-refractivity contribution in [3.63, 3.8) is 0 Å². The van der Waals surface area contributed by atoms with Gasteiger partial charge in [0.2, 0.25) is 0 Å². The first kappa shape index (κ1) is 18.2. The highest BCUT2D eigenvalue weighted by Gasteiger charge is 2.17. The monoisotopic (exact) mass is 304 g/mol. The summed E-state index contributed by atoms with van der Waals surface area (Å²) in [4.78, 5) is 23.9. The molecule has 0 saturated heterocycles. The van der Waals surface area contributed by atoms with Crippen LogP contribution in [0, 0.1) is 19.8 Å². The maximum Gasteiger partial charge on any atom is 0.313 e. The first-order chi connectivity index (χ1) is 10.5. The van der Waals surface area contributed by atoms with Crippen LogP contribution >= 0.6 is 0 Å². The number of hydrogen-bond acceptors (Lipinski definition) is 2. The molecular weight excluding hydrogens is 276 g/mol. The lowest BCUT2D eigenvalue weighted by Crippen LogP contribution is -2.38. The molecule has 0 spiro atoms. The summed E-state index contributed by atoms with van der Waals surface area (Å²) >= 11 is 0. The second-order valence-electron chi connectivity index (χ2n) is 5.85. The molecule has 0 bridgehead atoms. The Labute approximate surface area is 133 Å². The molecule has 0 unspecified atom stereocenters. The molecule has 0 fully saturated rings. The van der Waals surface area contributed by atoms with Crippen LogP contribution in [0.1, 0.15) is 50.7 Å². The zero-order valence-electron chi connectivity index (χ0n) is 14.2. The van der Waals surface area contributed by atoms with Crippen LogP contribution in [0.2, 0.25) is 0 Å². The first-order valence-electron chi connectivity index (χ1n) is 8.14. The van der Waals surface area contributed by atoms with Crippen LogP contribution in [-0.4, -0.2) is 18.4 Å². The maximum absolute atomic E-state index is 12.0. The zero-order chi connectivity index (χ0) is 16.5. The number of nitrogens with one attached hydrogen (secondary N) is 2. The van der Waals surface area contributed by atoms with E-state index in [0.717, 1.165) is 42.5 Å². The van der Waals surface area contributed by atoms with Gasteiger partial charge in [-0.25, -0.2) is 0 Å². The highest BCUT2D eigenvalue weighted by Crippen LogP contribution is 2.19. The predicted octanol–water partition coefficient (Wildman–Crippen LogP) is 3.57. The molecule has 4 heteroatoms. The largest absolute Gasteiger partial charge is 0.348 e. The summed E-state index contributed by atoms with van der Waals surface area (Å²) in [7, 11) is 0. The van der Waals surface area contributed by atoms with E-state index in [-0.39, 0.29) is 0 Å². The molecular formula is C18H28N2O2. The van der Waals surface area contributed by atoms with Gasteiger partial charge in [0.25, 0.3) is 0 Å². The fraction of sp³-hybridized carbons (Fsp3) is 0.556. The van der Waals surface area contributed by atoms with Crippen molar-refractivity contribution in [2.45, 2.75) is 53.4 Å². The summed E-state index contributed by atoms with van der Waals surface area (Å²) in [6.45, 7) is 8.67. The molecule has 0 aliphatic rings. The van der Waals surface area contributed by atoms with E-state index in [1.807, 2.05) is 32.0 Å². The highest BCUT2D eigenvalue weighted by atomic mass is 16.2. The van der Waals surface area contributed by atoms with E-state index >= 15 is 0 Å². The number of aryl methyl sites for hydroxylation is 2. The number of carbonyl (C=O) groups is 2. The Morgan fingerprint density at radius 2 is 1.73 bits per heavy atom. The van der Waals surface area contributed by atoms with Crippen LogP contribution in [0.25, 0.3) is 0 Å². The number of unbranched alkanes of at least 4 members (excludes halogenated alkanes) is 1. The lowest BCUT2D eigenvalue weighted by Gasteiger charge is -2.15. The summed E-state index contributed by atoms with van der Waals surface area (Å²) < 4.78 is 0. The Hall–Kier alpha value is -1.84. The molecule has 0 radical (unpaired) electrons. The molecule has 0 aliphatic carbocycles. The van der Waals surface area contributed by atoms with Crippen LogP contribution in [0.4, 0.5) is 5.69 Å². The van der Waals surface area contributed by atoms with Crippen molar-refractivity contribution in [1.82, 2.24) is 5.32 Å². The van der Waals surface area contributed by atoms with E-state index in [4.69, 9.17) is 0 Å². The van der Waals surface area contributed by atoms with Crippen LogP contribution < -0.4 is 10.6 Å². The molecule has 1 aromatic carbocycles. The van der Waals surface area contributed by atoms with Gasteiger partial charge >= 0.3 is 11.8 Å². The number of para-hydroxylation sites is 1. The van der Waals surface area contributed by atoms with E-state index in [1.165, 1.54) is 0 Å². The Bertz CT molecular complexity index is 492. The molecule has 1 atom stereocenters. The Kier molecular flexibility index (Phi) is 7.64. The number of amides is 2. The molecule has 0 aromatic heterocycles. The molecule has 1 rings (SSSR count). The SMILES string of the molecule is CCCC[C@@H](CC)CNC(=O)C(=O)Nc1c(C)cccc1C. The minimum atomic E-state index is -0.595. The Morgan fingerprint density at radius 3 is 2.27 bits per heavy atom. The van der Waals surface area contributed by atoms with Crippen LogP contribution in [-0.2, 0) is 9.59 Å². The maximum atomic E-state index is 12.0. The van der Waals surface area contributed by atoms with E-state index < -0.39 is 11.8 Å². The highest BCUT2D eigenvalue weighted by molar-refractivity contribution is 6.39. The lowest BCUT2D eigenvalue weighted by atomic mass is 9.99. The normalized spacial score (nSPS) is 11.8. The molecule has 2 N–H and O–H groups in total. The second kappa shape index (κ2) is 9.23. The van der Waals surface area contributed by atoms with E-state index in [9.17, 15) is 9.59 Å². The fourth-order valence-corrected chi connectivity index (χ4v) is 2.44. The van der Waals surface area contributed by atoms with Gasteiger partial charge in [-0.2, -0.15) is 0 Å². The van der Waals surface area contributed by atoms with E-state index in [1.54, 1.807) is 0 Å². The predicted molar refractivity (Wildman–Crippen MR) is 90.9 cm³/mol. The number of rotatable bonds is 7. The Balaban J connectivity index is 2.53. The number of carbonyl (C=O) groups excluding carboxylic acids is 2. The average Bonchev–Trinajstić information content (AvgIpc) is 2.50. The van der Waals surface area contributed by atoms with Gasteiger partial charge in [-0.05, 0) is 37.3 Å². The van der Waals surface area contributed by atoms with Crippen molar-refractivity contribution in [2.75, 3.05) is 11.9 Å². The summed E-state index contributed by atoms with van der Waals surface area (Å²) in [5, 5.41) is 5.46.